The molecule has 0 heterocycles. The topological polar surface area (TPSA) is 96.0 Å². The average Bonchev–Trinajstić information content (AvgIpc) is 2.56. The highest BCUT2D eigenvalue weighted by atomic mass is 19.1. The fourth-order valence-corrected chi connectivity index (χ4v) is 1.92. The number of anilines is 1. The summed E-state index contributed by atoms with van der Waals surface area (Å²) in [5.74, 6) is -1.13. The summed E-state index contributed by atoms with van der Waals surface area (Å²) in [5.41, 5.74) is 0.978. The largest absolute Gasteiger partial charge is 0.321 e. The molecule has 6 nitrogen and oxygen atoms in total. The number of carbonyl (C=O) groups is 1. The monoisotopic (exact) mass is 325 g/mol. The Kier molecular flexibility index (Phi) is 5.02. The number of halogens is 1. The van der Waals surface area contributed by atoms with Crippen molar-refractivity contribution in [2.24, 2.45) is 0 Å². The third kappa shape index (κ3) is 4.01. The van der Waals surface area contributed by atoms with Crippen LogP contribution in [0.4, 0.5) is 15.8 Å². The highest BCUT2D eigenvalue weighted by molar-refractivity contribution is 6.10. The number of hydrogen-bond donors (Lipinski definition) is 1. The van der Waals surface area contributed by atoms with Gasteiger partial charge in [0.1, 0.15) is 17.5 Å². The highest BCUT2D eigenvalue weighted by Gasteiger charge is 2.14. The Morgan fingerprint density at radius 2 is 1.96 bits per heavy atom. The maximum Gasteiger partial charge on any atom is 0.271 e. The summed E-state index contributed by atoms with van der Waals surface area (Å²) < 4.78 is 12.9. The zero-order chi connectivity index (χ0) is 17.7. The Morgan fingerprint density at radius 3 is 2.54 bits per heavy atom. The van der Waals surface area contributed by atoms with Gasteiger partial charge in [0.25, 0.3) is 11.6 Å². The van der Waals surface area contributed by atoms with Gasteiger partial charge in [-0.1, -0.05) is 18.2 Å². The minimum Gasteiger partial charge on any atom is -0.321 e. The van der Waals surface area contributed by atoms with Gasteiger partial charge in [-0.25, -0.2) is 4.39 Å². The molecule has 0 bridgehead atoms. The summed E-state index contributed by atoms with van der Waals surface area (Å²) in [6.07, 6.45) is 1.31. The molecule has 0 atom stereocenters. The van der Waals surface area contributed by atoms with Crippen molar-refractivity contribution in [2.45, 2.75) is 6.92 Å². The van der Waals surface area contributed by atoms with E-state index in [1.165, 1.54) is 48.5 Å². The predicted molar refractivity (Wildman–Crippen MR) is 86.5 cm³/mol. The first-order chi connectivity index (χ1) is 11.4. The van der Waals surface area contributed by atoms with Crippen molar-refractivity contribution in [1.82, 2.24) is 0 Å². The van der Waals surface area contributed by atoms with Crippen LogP contribution in [0.5, 0.6) is 0 Å². The summed E-state index contributed by atoms with van der Waals surface area (Å²) in [6.45, 7) is 1.68. The van der Waals surface area contributed by atoms with Crippen LogP contribution in [-0.4, -0.2) is 10.8 Å². The number of nitro groups is 1. The Morgan fingerprint density at radius 1 is 1.29 bits per heavy atom. The molecule has 24 heavy (non-hydrogen) atoms. The van der Waals surface area contributed by atoms with Crippen LogP contribution in [0.25, 0.3) is 6.08 Å². The van der Waals surface area contributed by atoms with Gasteiger partial charge in [-0.3, -0.25) is 14.9 Å². The Bertz CT molecular complexity index is 868. The number of carbonyl (C=O) groups excluding carboxylic acids is 1. The SMILES string of the molecule is Cc1ccc([N+](=O)[O-])cc1NC(=O)/C(C#N)=C/c1ccc(F)cc1. The number of nitrogens with zero attached hydrogens (tertiary/aromatic N) is 2. The van der Waals surface area contributed by atoms with E-state index in [4.69, 9.17) is 5.26 Å². The van der Waals surface area contributed by atoms with Crippen LogP contribution in [0.2, 0.25) is 0 Å². The van der Waals surface area contributed by atoms with Crippen LogP contribution in [0.1, 0.15) is 11.1 Å². The van der Waals surface area contributed by atoms with Gasteiger partial charge in [0.05, 0.1) is 10.6 Å². The summed E-state index contributed by atoms with van der Waals surface area (Å²) in [4.78, 5) is 22.4. The smallest absolute Gasteiger partial charge is 0.271 e. The van der Waals surface area contributed by atoms with E-state index in [-0.39, 0.29) is 16.9 Å². The minimum atomic E-state index is -0.703. The molecule has 2 aromatic carbocycles. The van der Waals surface area contributed by atoms with Gasteiger partial charge in [-0.05, 0) is 36.3 Å². The molecule has 0 radical (unpaired) electrons. The van der Waals surface area contributed by atoms with E-state index in [0.29, 0.717) is 11.1 Å². The van der Waals surface area contributed by atoms with Crippen molar-refractivity contribution >= 4 is 23.4 Å². The number of non-ortho nitro benzene ring substituents is 1. The molecule has 0 aromatic heterocycles. The molecule has 0 aliphatic heterocycles. The number of hydrogen-bond acceptors (Lipinski definition) is 4. The first-order valence-electron chi connectivity index (χ1n) is 6.84. The molecule has 0 saturated carbocycles. The third-order valence-corrected chi connectivity index (χ3v) is 3.23. The van der Waals surface area contributed by atoms with Crippen molar-refractivity contribution in [3.05, 3.63) is 75.1 Å². The quantitative estimate of drug-likeness (QED) is 0.402. The number of nitro benzene ring substituents is 1. The van der Waals surface area contributed by atoms with E-state index in [2.05, 4.69) is 5.32 Å². The molecule has 1 amide bonds. The van der Waals surface area contributed by atoms with Crippen molar-refractivity contribution in [2.75, 3.05) is 5.32 Å². The highest BCUT2D eigenvalue weighted by Crippen LogP contribution is 2.22. The standard InChI is InChI=1S/C17H12FN3O3/c1-11-2-7-15(21(23)24)9-16(11)20-17(22)13(10-19)8-12-3-5-14(18)6-4-12/h2-9H,1H3,(H,20,22)/b13-8+. The number of rotatable bonds is 4. The van der Waals surface area contributed by atoms with Crippen LogP contribution in [0, 0.1) is 34.2 Å². The minimum absolute atomic E-state index is 0.170. The number of amides is 1. The zero-order valence-electron chi connectivity index (χ0n) is 12.6. The lowest BCUT2D eigenvalue weighted by atomic mass is 10.1. The first kappa shape index (κ1) is 16.8. The molecule has 120 valence electrons. The van der Waals surface area contributed by atoms with Gasteiger partial charge in [-0.2, -0.15) is 5.26 Å². The third-order valence-electron chi connectivity index (χ3n) is 3.23. The zero-order valence-corrected chi connectivity index (χ0v) is 12.6. The predicted octanol–water partition coefficient (Wildman–Crippen LogP) is 3.59. The fourth-order valence-electron chi connectivity index (χ4n) is 1.92. The summed E-state index contributed by atoms with van der Waals surface area (Å²) in [7, 11) is 0. The molecule has 7 heteroatoms. The maximum absolute atomic E-state index is 12.9. The second kappa shape index (κ2) is 7.15. The Hall–Kier alpha value is -3.53. The lowest BCUT2D eigenvalue weighted by molar-refractivity contribution is -0.384. The molecule has 1 N–H and O–H groups in total. The van der Waals surface area contributed by atoms with Crippen molar-refractivity contribution in [3.8, 4) is 6.07 Å². The Balaban J connectivity index is 2.27. The van der Waals surface area contributed by atoms with Gasteiger partial charge in [0.2, 0.25) is 0 Å². The van der Waals surface area contributed by atoms with Gasteiger partial charge < -0.3 is 5.32 Å². The van der Waals surface area contributed by atoms with Gasteiger partial charge in [0.15, 0.2) is 0 Å². The molecular weight excluding hydrogens is 313 g/mol. The molecule has 2 aromatic rings. The first-order valence-corrected chi connectivity index (χ1v) is 6.84. The molecule has 0 fully saturated rings. The molecule has 0 aliphatic rings. The van der Waals surface area contributed by atoms with E-state index in [1.54, 1.807) is 13.0 Å². The van der Waals surface area contributed by atoms with Crippen molar-refractivity contribution in [1.29, 1.82) is 5.26 Å². The van der Waals surface area contributed by atoms with E-state index >= 15 is 0 Å². The van der Waals surface area contributed by atoms with Crippen molar-refractivity contribution in [3.63, 3.8) is 0 Å². The summed E-state index contributed by atoms with van der Waals surface area (Å²) in [5, 5.41) is 22.4. The number of nitrogens with one attached hydrogen (secondary N) is 1. The lowest BCUT2D eigenvalue weighted by Gasteiger charge is -2.07. The molecule has 0 spiro atoms. The van der Waals surface area contributed by atoms with E-state index < -0.39 is 16.6 Å². The average molecular weight is 325 g/mol. The van der Waals surface area contributed by atoms with Gasteiger partial charge >= 0.3 is 0 Å². The molecule has 2 rings (SSSR count). The Labute approximate surface area is 137 Å². The molecular formula is C17H12FN3O3. The van der Waals surface area contributed by atoms with Gasteiger partial charge in [0, 0.05) is 12.1 Å². The fraction of sp³-hybridized carbons (Fsp3) is 0.0588. The van der Waals surface area contributed by atoms with Crippen LogP contribution in [-0.2, 0) is 4.79 Å². The molecule has 0 aliphatic carbocycles. The second-order valence-corrected chi connectivity index (χ2v) is 4.93. The van der Waals surface area contributed by atoms with Crippen LogP contribution in [0.15, 0.2) is 48.0 Å². The van der Waals surface area contributed by atoms with Crippen LogP contribution in [0.3, 0.4) is 0 Å². The second-order valence-electron chi connectivity index (χ2n) is 4.93. The number of benzene rings is 2. The van der Waals surface area contributed by atoms with E-state index in [1.807, 2.05) is 0 Å². The molecule has 0 saturated heterocycles. The maximum atomic E-state index is 12.9. The van der Waals surface area contributed by atoms with Crippen LogP contribution < -0.4 is 5.32 Å². The normalized spacial score (nSPS) is 10.8. The summed E-state index contributed by atoms with van der Waals surface area (Å²) >= 11 is 0. The number of nitriles is 1. The van der Waals surface area contributed by atoms with Crippen molar-refractivity contribution < 1.29 is 14.1 Å². The number of aryl methyl sites for hydroxylation is 1. The molecule has 0 unspecified atom stereocenters. The van der Waals surface area contributed by atoms with Crippen LogP contribution >= 0.6 is 0 Å². The summed E-state index contributed by atoms with van der Waals surface area (Å²) in [6, 6.07) is 11.1. The van der Waals surface area contributed by atoms with E-state index in [9.17, 15) is 19.3 Å². The van der Waals surface area contributed by atoms with Gasteiger partial charge in [-0.15, -0.1) is 0 Å². The van der Waals surface area contributed by atoms with E-state index in [0.717, 1.165) is 0 Å². The lowest BCUT2D eigenvalue weighted by Crippen LogP contribution is -2.14.